The summed E-state index contributed by atoms with van der Waals surface area (Å²) in [6.45, 7) is 2.23. The summed E-state index contributed by atoms with van der Waals surface area (Å²) in [5, 5.41) is 0. The van der Waals surface area contributed by atoms with Crippen LogP contribution in [0, 0.1) is 0 Å². The van der Waals surface area contributed by atoms with Gasteiger partial charge in [0.15, 0.2) is 0 Å². The molecule has 0 aliphatic carbocycles. The summed E-state index contributed by atoms with van der Waals surface area (Å²) in [6.07, 6.45) is 6.48. The van der Waals surface area contributed by atoms with Crippen LogP contribution >= 0.6 is 15.3 Å². The molecule has 0 fully saturated rings. The van der Waals surface area contributed by atoms with Crippen LogP contribution in [-0.4, -0.2) is 21.4 Å². The van der Waals surface area contributed by atoms with Gasteiger partial charge in [-0.2, -0.15) is 0 Å². The van der Waals surface area contributed by atoms with Crippen LogP contribution in [0.3, 0.4) is 0 Å². The molecular formula is C9H21BrO2Si. The second-order valence-corrected chi connectivity index (χ2v) is 9.49. The molecule has 0 bridgehead atoms. The summed E-state index contributed by atoms with van der Waals surface area (Å²) < 4.78 is 10.7. The number of hydrogen-bond acceptors (Lipinski definition) is 2. The largest absolute Gasteiger partial charge is 0.413 e. The molecule has 0 unspecified atom stereocenters. The molecule has 4 heteroatoms. The molecule has 2 nitrogen and oxygen atoms in total. The van der Waals surface area contributed by atoms with Crippen molar-refractivity contribution >= 4 is 22.5 Å². The van der Waals surface area contributed by atoms with Crippen LogP contribution in [0.4, 0.5) is 0 Å². The first kappa shape index (κ1) is 13.6. The Morgan fingerprint density at radius 3 is 2.00 bits per heavy atom. The summed E-state index contributed by atoms with van der Waals surface area (Å²) >= 11 is 3.55. The summed E-state index contributed by atoms with van der Waals surface area (Å²) in [5.41, 5.74) is 0. The molecular weight excluding hydrogens is 248 g/mol. The first-order valence-electron chi connectivity index (χ1n) is 4.97. The van der Waals surface area contributed by atoms with E-state index in [-0.39, 0.29) is 0 Å². The average molecular weight is 269 g/mol. The molecule has 0 heterocycles. The van der Waals surface area contributed by atoms with Gasteiger partial charge < -0.3 is 8.85 Å². The van der Waals surface area contributed by atoms with Crippen molar-refractivity contribution in [1.29, 1.82) is 0 Å². The van der Waals surface area contributed by atoms with Crippen molar-refractivity contribution in [2.45, 2.75) is 45.1 Å². The van der Waals surface area contributed by atoms with E-state index in [9.17, 15) is 0 Å². The molecule has 0 aliphatic heterocycles. The quantitative estimate of drug-likeness (QED) is 0.381. The van der Waals surface area contributed by atoms with Crippen LogP contribution < -0.4 is 0 Å². The first-order valence-corrected chi connectivity index (χ1v) is 9.25. The Hall–Kier alpha value is 0.617. The molecule has 0 saturated heterocycles. The van der Waals surface area contributed by atoms with Gasteiger partial charge in [-0.05, 0) is 0 Å². The third-order valence-electron chi connectivity index (χ3n) is 2.19. The highest BCUT2D eigenvalue weighted by Gasteiger charge is 2.30. The maximum absolute atomic E-state index is 5.33. The standard InChI is InChI=1S/C9H21BrO2Si/c1-4-5-6-7-8-9-13(10,11-2)12-3/h4-9H2,1-3H3. The minimum absolute atomic E-state index is 1.05. The van der Waals surface area contributed by atoms with E-state index in [2.05, 4.69) is 22.2 Å². The third kappa shape index (κ3) is 6.66. The van der Waals surface area contributed by atoms with E-state index >= 15 is 0 Å². The van der Waals surface area contributed by atoms with E-state index in [1.807, 2.05) is 0 Å². The fourth-order valence-electron chi connectivity index (χ4n) is 1.23. The fourth-order valence-corrected chi connectivity index (χ4v) is 3.32. The molecule has 80 valence electrons. The van der Waals surface area contributed by atoms with Gasteiger partial charge in [0.2, 0.25) is 0 Å². The van der Waals surface area contributed by atoms with Crippen molar-refractivity contribution in [3.8, 4) is 0 Å². The van der Waals surface area contributed by atoms with Crippen LogP contribution in [0.2, 0.25) is 6.04 Å². The lowest BCUT2D eigenvalue weighted by Gasteiger charge is -2.19. The number of rotatable bonds is 8. The molecule has 0 N–H and O–H groups in total. The van der Waals surface area contributed by atoms with Crippen LogP contribution in [0.1, 0.15) is 39.0 Å². The molecule has 13 heavy (non-hydrogen) atoms. The van der Waals surface area contributed by atoms with Crippen LogP contribution in [0.5, 0.6) is 0 Å². The molecule has 0 aromatic rings. The maximum Gasteiger partial charge on any atom is 0.413 e. The Morgan fingerprint density at radius 2 is 1.54 bits per heavy atom. The van der Waals surface area contributed by atoms with Crippen molar-refractivity contribution in [3.63, 3.8) is 0 Å². The predicted octanol–water partition coefficient (Wildman–Crippen LogP) is 3.58. The van der Waals surface area contributed by atoms with Crippen molar-refractivity contribution < 1.29 is 8.85 Å². The second-order valence-electron chi connectivity index (χ2n) is 3.23. The smallest absolute Gasteiger partial charge is 0.390 e. The lowest BCUT2D eigenvalue weighted by Crippen LogP contribution is -2.32. The molecule has 0 amide bonds. The van der Waals surface area contributed by atoms with Gasteiger partial charge in [-0.15, -0.1) is 0 Å². The van der Waals surface area contributed by atoms with Gasteiger partial charge in [-0.25, -0.2) is 0 Å². The van der Waals surface area contributed by atoms with Crippen LogP contribution in [0.25, 0.3) is 0 Å². The Kier molecular flexibility index (Phi) is 8.35. The van der Waals surface area contributed by atoms with Gasteiger partial charge in [0.05, 0.1) is 0 Å². The van der Waals surface area contributed by atoms with Gasteiger partial charge in [-0.1, -0.05) is 54.3 Å². The van der Waals surface area contributed by atoms with E-state index in [4.69, 9.17) is 8.85 Å². The molecule has 0 aromatic heterocycles. The predicted molar refractivity (Wildman–Crippen MR) is 62.3 cm³/mol. The Balaban J connectivity index is 3.39. The zero-order valence-corrected chi connectivity index (χ0v) is 11.5. The van der Waals surface area contributed by atoms with E-state index in [1.54, 1.807) is 14.2 Å². The summed E-state index contributed by atoms with van der Waals surface area (Å²) in [5.74, 6) is 0. The van der Waals surface area contributed by atoms with Crippen LogP contribution in [0.15, 0.2) is 0 Å². The number of unbranched alkanes of at least 4 members (excludes halogenated alkanes) is 4. The molecule has 0 saturated carbocycles. The monoisotopic (exact) mass is 268 g/mol. The molecule has 0 aromatic carbocycles. The Bertz CT molecular complexity index is 118. The van der Waals surface area contributed by atoms with Crippen molar-refractivity contribution in [2.24, 2.45) is 0 Å². The Labute approximate surface area is 90.8 Å². The third-order valence-corrected chi connectivity index (χ3v) is 7.49. The lowest BCUT2D eigenvalue weighted by molar-refractivity contribution is 0.268. The molecule has 0 aliphatic rings. The van der Waals surface area contributed by atoms with E-state index in [0.29, 0.717) is 0 Å². The van der Waals surface area contributed by atoms with Gasteiger partial charge in [-0.3, -0.25) is 0 Å². The van der Waals surface area contributed by atoms with Gasteiger partial charge in [0.1, 0.15) is 0 Å². The average Bonchev–Trinajstić information content (AvgIpc) is 2.17. The van der Waals surface area contributed by atoms with E-state index in [1.165, 1.54) is 32.1 Å². The zero-order valence-electron chi connectivity index (χ0n) is 8.94. The minimum Gasteiger partial charge on any atom is -0.390 e. The molecule has 0 spiro atoms. The lowest BCUT2D eigenvalue weighted by atomic mass is 10.2. The van der Waals surface area contributed by atoms with Gasteiger partial charge in [0, 0.05) is 20.3 Å². The highest BCUT2D eigenvalue weighted by Crippen LogP contribution is 2.22. The van der Waals surface area contributed by atoms with E-state index < -0.39 is 7.18 Å². The maximum atomic E-state index is 5.33. The van der Waals surface area contributed by atoms with Gasteiger partial charge >= 0.3 is 7.18 Å². The minimum atomic E-state index is -1.95. The normalized spacial score (nSPS) is 12.0. The fraction of sp³-hybridized carbons (Fsp3) is 1.00. The summed E-state index contributed by atoms with van der Waals surface area (Å²) in [6, 6.07) is 1.05. The highest BCUT2D eigenvalue weighted by molar-refractivity contribution is 9.25. The number of halogens is 1. The van der Waals surface area contributed by atoms with E-state index in [0.717, 1.165) is 6.04 Å². The van der Waals surface area contributed by atoms with Crippen molar-refractivity contribution in [2.75, 3.05) is 14.2 Å². The number of hydrogen-bond donors (Lipinski definition) is 0. The SMILES string of the molecule is CCCCCCC[Si](Br)(OC)OC. The molecule has 0 radical (unpaired) electrons. The first-order chi connectivity index (χ1) is 6.18. The van der Waals surface area contributed by atoms with Crippen molar-refractivity contribution in [1.82, 2.24) is 0 Å². The summed E-state index contributed by atoms with van der Waals surface area (Å²) in [4.78, 5) is 0. The summed E-state index contributed by atoms with van der Waals surface area (Å²) in [7, 11) is 1.49. The van der Waals surface area contributed by atoms with Crippen molar-refractivity contribution in [3.05, 3.63) is 0 Å². The van der Waals surface area contributed by atoms with Gasteiger partial charge in [0.25, 0.3) is 0 Å². The Morgan fingerprint density at radius 1 is 1.00 bits per heavy atom. The van der Waals surface area contributed by atoms with Crippen LogP contribution in [-0.2, 0) is 8.85 Å². The molecule has 0 atom stereocenters. The molecule has 0 rings (SSSR count). The second kappa shape index (κ2) is 7.97. The highest BCUT2D eigenvalue weighted by atomic mass is 79.9. The topological polar surface area (TPSA) is 18.5 Å². The zero-order chi connectivity index (χ0) is 10.2.